The van der Waals surface area contributed by atoms with Crippen molar-refractivity contribution in [1.82, 2.24) is 0 Å². The predicted octanol–water partition coefficient (Wildman–Crippen LogP) is 0.694. The first kappa shape index (κ1) is 13.2. The molecule has 0 aromatic rings. The van der Waals surface area contributed by atoms with Gasteiger partial charge in [0.05, 0.1) is 5.88 Å². The fourth-order valence-electron chi connectivity index (χ4n) is 0.561. The molecule has 82 valence electrons. The average Bonchev–Trinajstić information content (AvgIpc) is 2.10. The summed E-state index contributed by atoms with van der Waals surface area (Å²) < 4.78 is 14.2. The number of esters is 2. The molecule has 0 aliphatic heterocycles. The predicted molar refractivity (Wildman–Crippen MR) is 48.9 cm³/mol. The SMILES string of the molecule is CC(=O)OCOC(CCl)COC(C)=O. The Morgan fingerprint density at radius 1 is 1.21 bits per heavy atom. The highest BCUT2D eigenvalue weighted by molar-refractivity contribution is 6.18. The average molecular weight is 225 g/mol. The molecule has 0 rings (SSSR count). The summed E-state index contributed by atoms with van der Waals surface area (Å²) in [6.45, 7) is 2.43. The molecule has 0 radical (unpaired) electrons. The minimum atomic E-state index is -0.458. The van der Waals surface area contributed by atoms with Crippen LogP contribution in [0.3, 0.4) is 0 Å². The molecular formula is C8H13ClO5. The monoisotopic (exact) mass is 224 g/mol. The fourth-order valence-corrected chi connectivity index (χ4v) is 0.739. The molecule has 0 N–H and O–H groups in total. The van der Waals surface area contributed by atoms with Crippen molar-refractivity contribution in [2.75, 3.05) is 19.3 Å². The van der Waals surface area contributed by atoms with Gasteiger partial charge in [0.1, 0.15) is 12.7 Å². The number of ether oxygens (including phenoxy) is 3. The van der Waals surface area contributed by atoms with Crippen molar-refractivity contribution < 1.29 is 23.8 Å². The minimum Gasteiger partial charge on any atom is -0.463 e. The number of carbonyl (C=O) groups is 2. The second kappa shape index (κ2) is 7.58. The number of halogens is 1. The summed E-state index contributed by atoms with van der Waals surface area (Å²) in [6.07, 6.45) is -0.458. The van der Waals surface area contributed by atoms with Crippen LogP contribution in [0.4, 0.5) is 0 Å². The van der Waals surface area contributed by atoms with Crippen molar-refractivity contribution in [1.29, 1.82) is 0 Å². The van der Waals surface area contributed by atoms with Crippen LogP contribution in [0.2, 0.25) is 0 Å². The zero-order valence-corrected chi connectivity index (χ0v) is 8.87. The first-order chi connectivity index (χ1) is 6.56. The van der Waals surface area contributed by atoms with Crippen molar-refractivity contribution in [3.05, 3.63) is 0 Å². The summed E-state index contributed by atoms with van der Waals surface area (Å²) in [6, 6.07) is 0. The molecule has 0 saturated carbocycles. The Labute approximate surface area is 87.3 Å². The van der Waals surface area contributed by atoms with Gasteiger partial charge in [-0.15, -0.1) is 11.6 Å². The zero-order chi connectivity index (χ0) is 11.0. The van der Waals surface area contributed by atoms with Crippen LogP contribution in [0.25, 0.3) is 0 Å². The zero-order valence-electron chi connectivity index (χ0n) is 8.12. The van der Waals surface area contributed by atoms with Crippen LogP contribution in [0.5, 0.6) is 0 Å². The highest BCUT2D eigenvalue weighted by atomic mass is 35.5. The van der Waals surface area contributed by atoms with E-state index in [0.717, 1.165) is 0 Å². The Morgan fingerprint density at radius 2 is 1.79 bits per heavy atom. The van der Waals surface area contributed by atoms with Crippen LogP contribution >= 0.6 is 11.6 Å². The lowest BCUT2D eigenvalue weighted by Gasteiger charge is -2.14. The Balaban J connectivity index is 3.57. The highest BCUT2D eigenvalue weighted by Gasteiger charge is 2.10. The van der Waals surface area contributed by atoms with Gasteiger partial charge in [0, 0.05) is 13.8 Å². The second-order valence-electron chi connectivity index (χ2n) is 2.50. The van der Waals surface area contributed by atoms with E-state index in [4.69, 9.17) is 16.3 Å². The van der Waals surface area contributed by atoms with Crippen LogP contribution < -0.4 is 0 Å². The quantitative estimate of drug-likeness (QED) is 0.378. The lowest BCUT2D eigenvalue weighted by molar-refractivity contribution is -0.163. The van der Waals surface area contributed by atoms with Crippen LogP contribution in [-0.2, 0) is 23.8 Å². The van der Waals surface area contributed by atoms with E-state index in [-0.39, 0.29) is 19.3 Å². The lowest BCUT2D eigenvalue weighted by atomic mass is 10.4. The molecule has 0 heterocycles. The van der Waals surface area contributed by atoms with E-state index in [9.17, 15) is 9.59 Å². The Bertz CT molecular complexity index is 194. The fraction of sp³-hybridized carbons (Fsp3) is 0.750. The van der Waals surface area contributed by atoms with Crippen molar-refractivity contribution in [3.8, 4) is 0 Å². The Morgan fingerprint density at radius 3 is 2.21 bits per heavy atom. The van der Waals surface area contributed by atoms with Gasteiger partial charge >= 0.3 is 11.9 Å². The van der Waals surface area contributed by atoms with Gasteiger partial charge in [0.25, 0.3) is 0 Å². The van der Waals surface area contributed by atoms with Gasteiger partial charge in [0.2, 0.25) is 0 Å². The summed E-state index contributed by atoms with van der Waals surface area (Å²) in [5.41, 5.74) is 0. The number of rotatable bonds is 6. The summed E-state index contributed by atoms with van der Waals surface area (Å²) in [5.74, 6) is -0.684. The molecular weight excluding hydrogens is 212 g/mol. The molecule has 0 saturated heterocycles. The summed E-state index contributed by atoms with van der Waals surface area (Å²) in [4.78, 5) is 20.8. The molecule has 0 amide bonds. The number of carbonyl (C=O) groups excluding carboxylic acids is 2. The molecule has 14 heavy (non-hydrogen) atoms. The molecule has 1 atom stereocenters. The maximum absolute atomic E-state index is 10.4. The molecule has 1 unspecified atom stereocenters. The minimum absolute atomic E-state index is 0.0557. The van der Waals surface area contributed by atoms with Crippen LogP contribution in [0.15, 0.2) is 0 Å². The molecule has 0 aliphatic carbocycles. The van der Waals surface area contributed by atoms with Gasteiger partial charge < -0.3 is 14.2 Å². The van der Waals surface area contributed by atoms with E-state index in [1.807, 2.05) is 0 Å². The molecule has 6 heteroatoms. The van der Waals surface area contributed by atoms with Crippen LogP contribution in [0, 0.1) is 0 Å². The standard InChI is InChI=1S/C8H13ClO5/c1-6(10)12-4-8(3-9)14-5-13-7(2)11/h8H,3-5H2,1-2H3. The third-order valence-corrected chi connectivity index (χ3v) is 1.55. The van der Waals surface area contributed by atoms with E-state index in [1.54, 1.807) is 0 Å². The van der Waals surface area contributed by atoms with Gasteiger partial charge in [-0.05, 0) is 0 Å². The lowest BCUT2D eigenvalue weighted by Crippen LogP contribution is -2.24. The van der Waals surface area contributed by atoms with E-state index in [0.29, 0.717) is 0 Å². The first-order valence-corrected chi connectivity index (χ1v) is 4.54. The maximum atomic E-state index is 10.4. The number of hydrogen-bond acceptors (Lipinski definition) is 5. The Hall–Kier alpha value is -0.810. The van der Waals surface area contributed by atoms with Gasteiger partial charge in [-0.3, -0.25) is 9.59 Å². The van der Waals surface area contributed by atoms with E-state index < -0.39 is 18.0 Å². The highest BCUT2D eigenvalue weighted by Crippen LogP contribution is 1.97. The van der Waals surface area contributed by atoms with Gasteiger partial charge in [-0.25, -0.2) is 0 Å². The van der Waals surface area contributed by atoms with E-state index >= 15 is 0 Å². The second-order valence-corrected chi connectivity index (χ2v) is 2.81. The maximum Gasteiger partial charge on any atom is 0.304 e. The molecule has 0 aromatic carbocycles. The Kier molecular flexibility index (Phi) is 7.14. The van der Waals surface area contributed by atoms with Gasteiger partial charge in [0.15, 0.2) is 6.79 Å². The molecule has 0 bridgehead atoms. The number of alkyl halides is 1. The molecule has 5 nitrogen and oxygen atoms in total. The first-order valence-electron chi connectivity index (χ1n) is 4.00. The normalized spacial score (nSPS) is 11.9. The molecule has 0 fully saturated rings. The topological polar surface area (TPSA) is 61.8 Å². The van der Waals surface area contributed by atoms with Crippen molar-refractivity contribution >= 4 is 23.5 Å². The summed E-state index contributed by atoms with van der Waals surface area (Å²) in [5, 5.41) is 0. The van der Waals surface area contributed by atoms with E-state index in [2.05, 4.69) is 9.47 Å². The molecule has 0 spiro atoms. The largest absolute Gasteiger partial charge is 0.463 e. The summed E-state index contributed by atoms with van der Waals surface area (Å²) in [7, 11) is 0. The summed E-state index contributed by atoms with van der Waals surface area (Å²) >= 11 is 5.51. The molecule has 0 aliphatic rings. The van der Waals surface area contributed by atoms with Crippen LogP contribution in [0.1, 0.15) is 13.8 Å². The number of hydrogen-bond donors (Lipinski definition) is 0. The smallest absolute Gasteiger partial charge is 0.304 e. The molecule has 0 aromatic heterocycles. The van der Waals surface area contributed by atoms with Crippen LogP contribution in [-0.4, -0.2) is 37.3 Å². The van der Waals surface area contributed by atoms with Gasteiger partial charge in [-0.2, -0.15) is 0 Å². The third-order valence-electron chi connectivity index (χ3n) is 1.21. The van der Waals surface area contributed by atoms with Crippen molar-refractivity contribution in [3.63, 3.8) is 0 Å². The van der Waals surface area contributed by atoms with Crippen molar-refractivity contribution in [2.45, 2.75) is 20.0 Å². The van der Waals surface area contributed by atoms with Gasteiger partial charge in [-0.1, -0.05) is 0 Å². The third kappa shape index (κ3) is 7.82. The van der Waals surface area contributed by atoms with Crippen molar-refractivity contribution in [2.24, 2.45) is 0 Å². The van der Waals surface area contributed by atoms with E-state index in [1.165, 1.54) is 13.8 Å².